The Morgan fingerprint density at radius 1 is 0.964 bits per heavy atom. The van der Waals surface area contributed by atoms with Gasteiger partial charge in [-0.2, -0.15) is 5.10 Å². The van der Waals surface area contributed by atoms with Gasteiger partial charge in [-0.1, -0.05) is 0 Å². The maximum Gasteiger partial charge on any atom is 0.116 e. The minimum absolute atomic E-state index is 0.836. The molecule has 7 nitrogen and oxygen atoms in total. The summed E-state index contributed by atoms with van der Waals surface area (Å²) in [5.74, 6) is 0. The standard InChI is InChI=1S/C21H19N7/c1-28(2)12-13-5-15(9-23-8-13)17-7-16-20(11-24-17)26-27-21(16)18-6-14-3-4-22-10-19(14)25-18/h3-11,25H,12H2,1-2H3,(H,26,27). The van der Waals surface area contributed by atoms with Crippen molar-refractivity contribution in [1.82, 2.24) is 35.0 Å². The number of aromatic nitrogens is 6. The summed E-state index contributed by atoms with van der Waals surface area (Å²) in [4.78, 5) is 18.7. The van der Waals surface area contributed by atoms with E-state index in [0.29, 0.717) is 0 Å². The van der Waals surface area contributed by atoms with Gasteiger partial charge in [-0.05, 0) is 43.9 Å². The lowest BCUT2D eigenvalue weighted by Crippen LogP contribution is -2.10. The molecule has 0 bridgehead atoms. The highest BCUT2D eigenvalue weighted by Crippen LogP contribution is 2.30. The van der Waals surface area contributed by atoms with Gasteiger partial charge in [-0.15, -0.1) is 0 Å². The van der Waals surface area contributed by atoms with E-state index in [4.69, 9.17) is 0 Å². The minimum atomic E-state index is 0.836. The average Bonchev–Trinajstić information content (AvgIpc) is 3.30. The maximum atomic E-state index is 4.60. The lowest BCUT2D eigenvalue weighted by molar-refractivity contribution is 0.402. The summed E-state index contributed by atoms with van der Waals surface area (Å²) in [6.07, 6.45) is 9.18. The first-order valence-electron chi connectivity index (χ1n) is 9.03. The molecule has 0 aliphatic heterocycles. The Bertz CT molecular complexity index is 1250. The summed E-state index contributed by atoms with van der Waals surface area (Å²) in [7, 11) is 4.09. The minimum Gasteiger partial charge on any atom is -0.352 e. The second-order valence-electron chi connectivity index (χ2n) is 7.15. The number of fused-ring (bicyclic) bond motifs is 2. The zero-order chi connectivity index (χ0) is 19.1. The van der Waals surface area contributed by atoms with Crippen molar-refractivity contribution >= 4 is 21.8 Å². The van der Waals surface area contributed by atoms with Crippen LogP contribution in [-0.4, -0.2) is 49.1 Å². The molecule has 0 saturated carbocycles. The largest absolute Gasteiger partial charge is 0.352 e. The molecule has 0 fully saturated rings. The fourth-order valence-corrected chi connectivity index (χ4v) is 3.46. The molecule has 5 aromatic rings. The topological polar surface area (TPSA) is 86.4 Å². The summed E-state index contributed by atoms with van der Waals surface area (Å²) in [5, 5.41) is 9.71. The third kappa shape index (κ3) is 2.91. The van der Waals surface area contributed by atoms with Gasteiger partial charge >= 0.3 is 0 Å². The second-order valence-corrected chi connectivity index (χ2v) is 7.15. The molecule has 0 aromatic carbocycles. The SMILES string of the molecule is CN(C)Cc1cncc(-c2cc3c(-c4cc5ccncc5[nH]4)n[nH]c3cn2)c1. The molecule has 5 rings (SSSR count). The fraction of sp³-hybridized carbons (Fsp3) is 0.143. The number of nitrogens with one attached hydrogen (secondary N) is 2. The Morgan fingerprint density at radius 2 is 1.89 bits per heavy atom. The van der Waals surface area contributed by atoms with Crippen LogP contribution in [0.25, 0.3) is 44.5 Å². The Labute approximate surface area is 161 Å². The molecular formula is C21H19N7. The molecule has 0 spiro atoms. The highest BCUT2D eigenvalue weighted by Gasteiger charge is 2.13. The quantitative estimate of drug-likeness (QED) is 0.505. The fourth-order valence-electron chi connectivity index (χ4n) is 3.46. The molecule has 2 N–H and O–H groups in total. The first-order valence-corrected chi connectivity index (χ1v) is 9.03. The van der Waals surface area contributed by atoms with Crippen LogP contribution in [0.5, 0.6) is 0 Å². The molecule has 0 aliphatic rings. The summed E-state index contributed by atoms with van der Waals surface area (Å²) in [6, 6.07) is 8.27. The zero-order valence-electron chi connectivity index (χ0n) is 15.6. The molecule has 0 amide bonds. The van der Waals surface area contributed by atoms with Gasteiger partial charge in [0.2, 0.25) is 0 Å². The van der Waals surface area contributed by atoms with Gasteiger partial charge in [0.1, 0.15) is 5.69 Å². The Hall–Kier alpha value is -3.58. The number of nitrogens with zero attached hydrogens (tertiary/aromatic N) is 5. The first-order chi connectivity index (χ1) is 13.7. The second kappa shape index (κ2) is 6.54. The van der Waals surface area contributed by atoms with Gasteiger partial charge in [0.25, 0.3) is 0 Å². The molecule has 0 aliphatic carbocycles. The van der Waals surface area contributed by atoms with Crippen LogP contribution in [0.2, 0.25) is 0 Å². The van der Waals surface area contributed by atoms with E-state index in [1.165, 1.54) is 0 Å². The molecule has 5 aromatic heterocycles. The van der Waals surface area contributed by atoms with Crippen molar-refractivity contribution in [2.24, 2.45) is 0 Å². The maximum absolute atomic E-state index is 4.60. The van der Waals surface area contributed by atoms with E-state index in [0.717, 1.165) is 56.6 Å². The van der Waals surface area contributed by atoms with E-state index in [-0.39, 0.29) is 0 Å². The van der Waals surface area contributed by atoms with E-state index in [2.05, 4.69) is 53.2 Å². The summed E-state index contributed by atoms with van der Waals surface area (Å²) in [6.45, 7) is 0.836. The van der Waals surface area contributed by atoms with Crippen LogP contribution < -0.4 is 0 Å². The number of hydrogen-bond donors (Lipinski definition) is 2. The number of aromatic amines is 2. The third-order valence-electron chi connectivity index (χ3n) is 4.72. The molecule has 28 heavy (non-hydrogen) atoms. The Balaban J connectivity index is 1.60. The normalized spacial score (nSPS) is 11.7. The van der Waals surface area contributed by atoms with Crippen molar-refractivity contribution in [3.63, 3.8) is 0 Å². The molecule has 0 radical (unpaired) electrons. The molecule has 0 saturated heterocycles. The van der Waals surface area contributed by atoms with Gasteiger partial charge in [0.15, 0.2) is 0 Å². The van der Waals surface area contributed by atoms with E-state index in [9.17, 15) is 0 Å². The van der Waals surface area contributed by atoms with Crippen LogP contribution in [0.3, 0.4) is 0 Å². The van der Waals surface area contributed by atoms with Crippen molar-refractivity contribution < 1.29 is 0 Å². The Morgan fingerprint density at radius 3 is 2.75 bits per heavy atom. The molecule has 0 unspecified atom stereocenters. The number of hydrogen-bond acceptors (Lipinski definition) is 5. The molecule has 5 heterocycles. The van der Waals surface area contributed by atoms with Gasteiger partial charge in [-0.3, -0.25) is 20.1 Å². The average molecular weight is 369 g/mol. The van der Waals surface area contributed by atoms with Gasteiger partial charge < -0.3 is 9.88 Å². The van der Waals surface area contributed by atoms with Crippen LogP contribution in [-0.2, 0) is 6.54 Å². The van der Waals surface area contributed by atoms with E-state index in [1.807, 2.05) is 44.9 Å². The molecule has 138 valence electrons. The summed E-state index contributed by atoms with van der Waals surface area (Å²) >= 11 is 0. The van der Waals surface area contributed by atoms with Crippen LogP contribution in [0.15, 0.2) is 55.2 Å². The van der Waals surface area contributed by atoms with Gasteiger partial charge in [-0.25, -0.2) is 0 Å². The molecule has 7 heteroatoms. The lowest BCUT2D eigenvalue weighted by Gasteiger charge is -2.10. The van der Waals surface area contributed by atoms with Crippen LogP contribution in [0.1, 0.15) is 5.56 Å². The number of rotatable bonds is 4. The number of pyridine rings is 3. The van der Waals surface area contributed by atoms with Crippen molar-refractivity contribution in [2.75, 3.05) is 14.1 Å². The summed E-state index contributed by atoms with van der Waals surface area (Å²) in [5.41, 5.74) is 6.73. The predicted molar refractivity (Wildman–Crippen MR) is 110 cm³/mol. The van der Waals surface area contributed by atoms with Gasteiger partial charge in [0.05, 0.1) is 34.8 Å². The highest BCUT2D eigenvalue weighted by molar-refractivity contribution is 5.96. The number of H-pyrrole nitrogens is 2. The van der Waals surface area contributed by atoms with Crippen molar-refractivity contribution in [3.05, 3.63) is 60.8 Å². The highest BCUT2D eigenvalue weighted by atomic mass is 15.1. The van der Waals surface area contributed by atoms with Crippen molar-refractivity contribution in [1.29, 1.82) is 0 Å². The van der Waals surface area contributed by atoms with Crippen LogP contribution in [0.4, 0.5) is 0 Å². The van der Waals surface area contributed by atoms with E-state index < -0.39 is 0 Å². The third-order valence-corrected chi connectivity index (χ3v) is 4.72. The van der Waals surface area contributed by atoms with Crippen LogP contribution >= 0.6 is 0 Å². The zero-order valence-corrected chi connectivity index (χ0v) is 15.6. The molecular weight excluding hydrogens is 350 g/mol. The monoisotopic (exact) mass is 369 g/mol. The molecule has 0 atom stereocenters. The van der Waals surface area contributed by atoms with Crippen molar-refractivity contribution in [3.8, 4) is 22.6 Å². The van der Waals surface area contributed by atoms with E-state index in [1.54, 1.807) is 6.20 Å². The van der Waals surface area contributed by atoms with Crippen LogP contribution in [0, 0.1) is 0 Å². The first kappa shape index (κ1) is 16.6. The van der Waals surface area contributed by atoms with Gasteiger partial charge in [0, 0.05) is 41.5 Å². The van der Waals surface area contributed by atoms with Crippen molar-refractivity contribution in [2.45, 2.75) is 6.54 Å². The predicted octanol–water partition coefficient (Wildman–Crippen LogP) is 3.62. The Kier molecular flexibility index (Phi) is 3.87. The smallest absolute Gasteiger partial charge is 0.116 e. The van der Waals surface area contributed by atoms with E-state index >= 15 is 0 Å². The lowest BCUT2D eigenvalue weighted by atomic mass is 10.1. The summed E-state index contributed by atoms with van der Waals surface area (Å²) < 4.78 is 0.